The van der Waals surface area contributed by atoms with Gasteiger partial charge in [-0.2, -0.15) is 0 Å². The number of aryl methyl sites for hydroxylation is 1. The van der Waals surface area contributed by atoms with Crippen LogP contribution in [-0.2, 0) is 13.0 Å². The second-order valence-corrected chi connectivity index (χ2v) is 8.20. The van der Waals surface area contributed by atoms with Gasteiger partial charge in [-0.3, -0.25) is 4.79 Å². The van der Waals surface area contributed by atoms with Gasteiger partial charge in [0.05, 0.1) is 18.1 Å². The Kier molecular flexibility index (Phi) is 5.35. The van der Waals surface area contributed by atoms with Gasteiger partial charge in [0.2, 0.25) is 5.91 Å². The number of primary amides is 1. The van der Waals surface area contributed by atoms with Crippen LogP contribution in [0.15, 0.2) is 78.9 Å². The average Bonchev–Trinajstić information content (AvgIpc) is 3.17. The molecular formula is C29H25N2O2. The molecule has 163 valence electrons. The van der Waals surface area contributed by atoms with E-state index in [9.17, 15) is 4.79 Å². The highest BCUT2D eigenvalue weighted by Gasteiger charge is 2.17. The number of methoxy groups -OCH3 is 1. The van der Waals surface area contributed by atoms with Crippen molar-refractivity contribution >= 4 is 27.7 Å². The van der Waals surface area contributed by atoms with Crippen LogP contribution in [0.3, 0.4) is 0 Å². The van der Waals surface area contributed by atoms with E-state index in [4.69, 9.17) is 10.5 Å². The number of ether oxygens (including phenoxy) is 1. The lowest BCUT2D eigenvalue weighted by Gasteiger charge is -2.10. The van der Waals surface area contributed by atoms with E-state index < -0.39 is 5.91 Å². The second-order valence-electron chi connectivity index (χ2n) is 8.20. The third kappa shape index (κ3) is 3.74. The first kappa shape index (κ1) is 20.8. The van der Waals surface area contributed by atoms with Gasteiger partial charge in [-0.15, -0.1) is 0 Å². The third-order valence-electron chi connectivity index (χ3n) is 6.22. The predicted molar refractivity (Wildman–Crippen MR) is 134 cm³/mol. The second kappa shape index (κ2) is 8.47. The zero-order chi connectivity index (χ0) is 22.9. The molecule has 4 aromatic carbocycles. The number of benzene rings is 4. The Morgan fingerprint density at radius 1 is 0.939 bits per heavy atom. The van der Waals surface area contributed by atoms with Crippen LogP contribution >= 0.6 is 0 Å². The van der Waals surface area contributed by atoms with Crippen molar-refractivity contribution in [2.24, 2.45) is 5.73 Å². The summed E-state index contributed by atoms with van der Waals surface area (Å²) in [7, 11) is 1.66. The van der Waals surface area contributed by atoms with Crippen molar-refractivity contribution in [3.05, 3.63) is 102 Å². The van der Waals surface area contributed by atoms with Crippen LogP contribution in [-0.4, -0.2) is 17.6 Å². The maximum atomic E-state index is 12.2. The molecule has 0 bridgehead atoms. The summed E-state index contributed by atoms with van der Waals surface area (Å²) in [5.41, 5.74) is 12.9. The largest absolute Gasteiger partial charge is 0.497 e. The average molecular weight is 434 g/mol. The first-order valence-electron chi connectivity index (χ1n) is 11.1. The van der Waals surface area contributed by atoms with Crippen molar-refractivity contribution in [3.8, 4) is 16.9 Å². The van der Waals surface area contributed by atoms with Gasteiger partial charge in [0, 0.05) is 22.9 Å². The zero-order valence-electron chi connectivity index (χ0n) is 18.8. The minimum atomic E-state index is -0.430. The van der Waals surface area contributed by atoms with Crippen LogP contribution < -0.4 is 10.5 Å². The number of rotatable bonds is 6. The van der Waals surface area contributed by atoms with Crippen molar-refractivity contribution in [2.45, 2.75) is 19.9 Å². The molecule has 1 aromatic heterocycles. The Morgan fingerprint density at radius 2 is 1.70 bits per heavy atom. The Balaban J connectivity index is 1.75. The maximum absolute atomic E-state index is 12.2. The molecule has 0 aliphatic carbocycles. The van der Waals surface area contributed by atoms with Crippen LogP contribution in [0.2, 0.25) is 0 Å². The Morgan fingerprint density at radius 3 is 2.42 bits per heavy atom. The maximum Gasteiger partial charge on any atom is 0.249 e. The Hall–Kier alpha value is -4.05. The molecule has 5 aromatic rings. The topological polar surface area (TPSA) is 57.2 Å². The number of amides is 1. The molecule has 4 nitrogen and oxygen atoms in total. The zero-order valence-corrected chi connectivity index (χ0v) is 18.8. The summed E-state index contributed by atoms with van der Waals surface area (Å²) < 4.78 is 7.56. The van der Waals surface area contributed by atoms with Gasteiger partial charge < -0.3 is 15.0 Å². The number of hydrogen-bond acceptors (Lipinski definition) is 2. The molecule has 1 amide bonds. The monoisotopic (exact) mass is 433 g/mol. The fourth-order valence-electron chi connectivity index (χ4n) is 4.51. The molecule has 1 radical (unpaired) electrons. The van der Waals surface area contributed by atoms with E-state index in [1.807, 2.05) is 42.5 Å². The van der Waals surface area contributed by atoms with Crippen LogP contribution in [0.5, 0.6) is 5.75 Å². The van der Waals surface area contributed by atoms with Crippen molar-refractivity contribution < 1.29 is 9.53 Å². The summed E-state index contributed by atoms with van der Waals surface area (Å²) in [4.78, 5) is 12.2. The number of fused-ring (bicyclic) bond motifs is 3. The van der Waals surface area contributed by atoms with Gasteiger partial charge in [-0.25, -0.2) is 0 Å². The summed E-state index contributed by atoms with van der Waals surface area (Å²) in [5.74, 6) is 0.389. The van der Waals surface area contributed by atoms with E-state index in [0.717, 1.165) is 45.1 Å². The van der Waals surface area contributed by atoms with Crippen molar-refractivity contribution in [2.75, 3.05) is 7.11 Å². The number of carbonyl (C=O) groups excluding carboxylic acids is 1. The first-order chi connectivity index (χ1) is 16.1. The smallest absolute Gasteiger partial charge is 0.249 e. The van der Waals surface area contributed by atoms with Gasteiger partial charge in [0.15, 0.2) is 0 Å². The quantitative estimate of drug-likeness (QED) is 0.358. The number of aromatic nitrogens is 1. The lowest BCUT2D eigenvalue weighted by atomic mass is 10.0. The van der Waals surface area contributed by atoms with E-state index in [0.29, 0.717) is 12.1 Å². The first-order valence-corrected chi connectivity index (χ1v) is 11.1. The van der Waals surface area contributed by atoms with Crippen LogP contribution in [0, 0.1) is 6.07 Å². The summed E-state index contributed by atoms with van der Waals surface area (Å²) >= 11 is 0. The summed E-state index contributed by atoms with van der Waals surface area (Å²) in [6.45, 7) is 2.85. The number of nitrogens with zero attached hydrogens (tertiary/aromatic N) is 1. The highest BCUT2D eigenvalue weighted by atomic mass is 16.5. The molecule has 4 heteroatoms. The minimum Gasteiger partial charge on any atom is -0.497 e. The lowest BCUT2D eigenvalue weighted by molar-refractivity contribution is 0.100. The molecule has 33 heavy (non-hydrogen) atoms. The molecule has 0 atom stereocenters. The van der Waals surface area contributed by atoms with Crippen LogP contribution in [0.1, 0.15) is 28.4 Å². The van der Waals surface area contributed by atoms with E-state index in [1.54, 1.807) is 13.2 Å². The highest BCUT2D eigenvalue weighted by Crippen LogP contribution is 2.35. The molecule has 2 N–H and O–H groups in total. The summed E-state index contributed by atoms with van der Waals surface area (Å²) in [5, 5.41) is 1.76. The molecule has 0 saturated carbocycles. The van der Waals surface area contributed by atoms with Crippen LogP contribution in [0.25, 0.3) is 32.9 Å². The third-order valence-corrected chi connectivity index (χ3v) is 6.22. The van der Waals surface area contributed by atoms with E-state index in [1.165, 1.54) is 11.1 Å². The highest BCUT2D eigenvalue weighted by molar-refractivity contribution is 6.18. The fraction of sp³-hybridized carbons (Fsp3) is 0.138. The van der Waals surface area contributed by atoms with Crippen molar-refractivity contribution in [1.29, 1.82) is 0 Å². The van der Waals surface area contributed by atoms with Crippen LogP contribution in [0.4, 0.5) is 0 Å². The Bertz CT molecular complexity index is 1480. The molecular weight excluding hydrogens is 408 g/mol. The standard InChI is InChI=1S/C29H25N2O2/c1-3-19-6-4-7-20(16-19)18-31-26-9-5-8-25(29(30)32)28(26)24-15-12-22(17-27(24)31)21-10-13-23(33-2)14-11-21/h4-14,16-17H,3,18H2,1-2H3,(H2,30,32). The van der Waals surface area contributed by atoms with E-state index in [2.05, 4.69) is 47.9 Å². The van der Waals surface area contributed by atoms with Gasteiger partial charge >= 0.3 is 0 Å². The SMILES string of the molecule is CCc1cccc(Cn2c3cc(-c4ccc(OC)cc4)c[c]c3c3c(C(N)=O)cccc32)c1. The van der Waals surface area contributed by atoms with Gasteiger partial charge in [-0.05, 0) is 71.1 Å². The predicted octanol–water partition coefficient (Wildman–Crippen LogP) is 5.98. The molecule has 0 fully saturated rings. The normalized spacial score (nSPS) is 11.2. The van der Waals surface area contributed by atoms with E-state index in [-0.39, 0.29) is 0 Å². The minimum absolute atomic E-state index is 0.430. The molecule has 0 aliphatic heterocycles. The molecule has 1 heterocycles. The molecule has 5 rings (SSSR count). The number of hydrogen-bond donors (Lipinski definition) is 1. The molecule has 0 spiro atoms. The fourth-order valence-corrected chi connectivity index (χ4v) is 4.51. The van der Waals surface area contributed by atoms with Crippen molar-refractivity contribution in [3.63, 3.8) is 0 Å². The summed E-state index contributed by atoms with van der Waals surface area (Å²) in [6, 6.07) is 30.0. The Labute approximate surface area is 193 Å². The number of nitrogens with two attached hydrogens (primary N) is 1. The number of carbonyl (C=O) groups is 1. The lowest BCUT2D eigenvalue weighted by Crippen LogP contribution is -2.11. The van der Waals surface area contributed by atoms with Gasteiger partial charge in [0.25, 0.3) is 0 Å². The van der Waals surface area contributed by atoms with E-state index >= 15 is 0 Å². The van der Waals surface area contributed by atoms with Crippen molar-refractivity contribution in [1.82, 2.24) is 4.57 Å². The van der Waals surface area contributed by atoms with Gasteiger partial charge in [-0.1, -0.05) is 49.4 Å². The summed E-state index contributed by atoms with van der Waals surface area (Å²) in [6.07, 6.45) is 0.988. The molecule has 0 aliphatic rings. The molecule has 0 saturated heterocycles. The van der Waals surface area contributed by atoms with Gasteiger partial charge in [0.1, 0.15) is 5.75 Å². The molecule has 0 unspecified atom stereocenters.